The Balaban J connectivity index is 1.27. The van der Waals surface area contributed by atoms with Crippen molar-refractivity contribution in [2.75, 3.05) is 19.6 Å². The van der Waals surface area contributed by atoms with Gasteiger partial charge in [-0.1, -0.05) is 12.1 Å². The van der Waals surface area contributed by atoms with Gasteiger partial charge in [-0.2, -0.15) is 0 Å². The second kappa shape index (κ2) is 9.56. The zero-order valence-corrected chi connectivity index (χ0v) is 18.5. The summed E-state index contributed by atoms with van der Waals surface area (Å²) in [6.07, 6.45) is 1.82. The Morgan fingerprint density at radius 1 is 1.06 bits per heavy atom. The second-order valence-corrected chi connectivity index (χ2v) is 8.64. The van der Waals surface area contributed by atoms with Crippen LogP contribution in [0.25, 0.3) is 0 Å². The molecule has 4 rings (SSSR count). The van der Waals surface area contributed by atoms with Crippen LogP contribution in [0.1, 0.15) is 41.9 Å². The average molecular weight is 440 g/mol. The fourth-order valence-corrected chi connectivity index (χ4v) is 4.32. The summed E-state index contributed by atoms with van der Waals surface area (Å²) in [5.74, 6) is 0.134. The highest BCUT2D eigenvalue weighted by Gasteiger charge is 2.34. The Morgan fingerprint density at radius 2 is 1.78 bits per heavy atom. The van der Waals surface area contributed by atoms with Gasteiger partial charge in [0.15, 0.2) is 0 Å². The highest BCUT2D eigenvalue weighted by molar-refractivity contribution is 5.94. The van der Waals surface area contributed by atoms with Crippen LogP contribution in [-0.2, 0) is 27.4 Å². The third-order valence-corrected chi connectivity index (χ3v) is 5.89. The van der Waals surface area contributed by atoms with Crippen LogP contribution in [0.15, 0.2) is 47.1 Å². The van der Waals surface area contributed by atoms with Gasteiger partial charge in [0.1, 0.15) is 5.76 Å². The second-order valence-electron chi connectivity index (χ2n) is 8.64. The number of nitrogens with zero attached hydrogens (tertiary/aromatic N) is 2. The van der Waals surface area contributed by atoms with Crippen LogP contribution < -0.4 is 5.32 Å². The van der Waals surface area contributed by atoms with E-state index >= 15 is 0 Å². The topological polar surface area (TPSA) is 92.1 Å². The van der Waals surface area contributed by atoms with Crippen molar-refractivity contribution < 1.29 is 23.5 Å². The van der Waals surface area contributed by atoms with E-state index in [4.69, 9.17) is 9.15 Å². The molecular weight excluding hydrogens is 410 g/mol. The van der Waals surface area contributed by atoms with E-state index < -0.39 is 0 Å². The summed E-state index contributed by atoms with van der Waals surface area (Å²) in [6.45, 7) is 6.21. The van der Waals surface area contributed by atoms with Gasteiger partial charge in [0, 0.05) is 38.2 Å². The number of benzene rings is 1. The number of furan rings is 1. The minimum atomic E-state index is -0.372. The fraction of sp³-hybridized carbons (Fsp3) is 0.458. The van der Waals surface area contributed by atoms with Crippen LogP contribution in [0.4, 0.5) is 0 Å². The van der Waals surface area contributed by atoms with Gasteiger partial charge in [0.25, 0.3) is 5.91 Å². The first kappa shape index (κ1) is 22.1. The molecule has 2 saturated heterocycles. The van der Waals surface area contributed by atoms with Gasteiger partial charge in [-0.3, -0.25) is 14.4 Å². The highest BCUT2D eigenvalue weighted by Crippen LogP contribution is 2.21. The van der Waals surface area contributed by atoms with Crippen molar-refractivity contribution in [2.24, 2.45) is 5.92 Å². The number of nitrogens with one attached hydrogen (secondary N) is 1. The van der Waals surface area contributed by atoms with Crippen LogP contribution in [-0.4, -0.2) is 59.4 Å². The average Bonchev–Trinajstić information content (AvgIpc) is 3.41. The first-order valence-electron chi connectivity index (χ1n) is 11.0. The fourth-order valence-electron chi connectivity index (χ4n) is 4.32. The van der Waals surface area contributed by atoms with Gasteiger partial charge in [0.05, 0.1) is 30.9 Å². The van der Waals surface area contributed by atoms with Crippen LogP contribution in [0.2, 0.25) is 0 Å². The molecule has 8 nitrogen and oxygen atoms in total. The molecule has 3 atom stereocenters. The van der Waals surface area contributed by atoms with E-state index in [1.54, 1.807) is 29.4 Å². The number of hydrogen-bond acceptors (Lipinski definition) is 5. The van der Waals surface area contributed by atoms with Crippen molar-refractivity contribution in [2.45, 2.75) is 45.6 Å². The summed E-state index contributed by atoms with van der Waals surface area (Å²) in [5.41, 5.74) is 1.52. The Labute approximate surface area is 187 Å². The molecule has 1 N–H and O–H groups in total. The summed E-state index contributed by atoms with van der Waals surface area (Å²) in [5, 5.41) is 2.91. The van der Waals surface area contributed by atoms with Crippen LogP contribution in [0, 0.1) is 5.92 Å². The van der Waals surface area contributed by atoms with Gasteiger partial charge < -0.3 is 24.3 Å². The number of morpholine rings is 1. The summed E-state index contributed by atoms with van der Waals surface area (Å²) >= 11 is 0. The van der Waals surface area contributed by atoms with E-state index in [0.717, 1.165) is 5.56 Å². The Hall–Kier alpha value is -3.13. The minimum Gasteiger partial charge on any atom is -0.467 e. The molecule has 3 heterocycles. The molecule has 2 aliphatic rings. The van der Waals surface area contributed by atoms with Gasteiger partial charge in [-0.05, 0) is 43.7 Å². The number of amides is 3. The predicted octanol–water partition coefficient (Wildman–Crippen LogP) is 2.19. The van der Waals surface area contributed by atoms with E-state index in [1.807, 2.05) is 36.9 Å². The molecule has 1 aromatic heterocycles. The monoisotopic (exact) mass is 439 g/mol. The molecule has 1 aromatic carbocycles. The lowest BCUT2D eigenvalue weighted by atomic mass is 10.1. The number of likely N-dealkylation sites (tertiary alicyclic amines) is 1. The maximum atomic E-state index is 12.8. The lowest BCUT2D eigenvalue weighted by Crippen LogP contribution is -2.48. The normalized spacial score (nSPS) is 23.4. The zero-order chi connectivity index (χ0) is 22.7. The third-order valence-electron chi connectivity index (χ3n) is 5.89. The number of rotatable bonds is 6. The summed E-state index contributed by atoms with van der Waals surface area (Å²) < 4.78 is 11.0. The van der Waals surface area contributed by atoms with Gasteiger partial charge >= 0.3 is 0 Å². The lowest BCUT2D eigenvalue weighted by molar-refractivity contribution is -0.129. The lowest BCUT2D eigenvalue weighted by Gasteiger charge is -2.35. The number of carbonyl (C=O) groups excluding carboxylic acids is 3. The van der Waals surface area contributed by atoms with Gasteiger partial charge in [-0.15, -0.1) is 0 Å². The predicted molar refractivity (Wildman–Crippen MR) is 116 cm³/mol. The Bertz CT molecular complexity index is 947. The van der Waals surface area contributed by atoms with E-state index in [0.29, 0.717) is 44.0 Å². The zero-order valence-electron chi connectivity index (χ0n) is 18.5. The Morgan fingerprint density at radius 3 is 2.44 bits per heavy atom. The van der Waals surface area contributed by atoms with E-state index in [1.165, 1.54) is 0 Å². The number of ether oxygens (including phenoxy) is 1. The largest absolute Gasteiger partial charge is 0.467 e. The minimum absolute atomic E-state index is 0.0105. The molecule has 0 spiro atoms. The van der Waals surface area contributed by atoms with E-state index in [9.17, 15) is 14.4 Å². The SMILES string of the molecule is CC1CN(C(=O)c2ccc(CNC(=O)C3CC(=O)N(Cc4ccco4)C3)cc2)CC(C)O1. The van der Waals surface area contributed by atoms with Gasteiger partial charge in [0.2, 0.25) is 11.8 Å². The van der Waals surface area contributed by atoms with Crippen molar-refractivity contribution in [3.05, 3.63) is 59.5 Å². The molecule has 3 unspecified atom stereocenters. The molecular formula is C24H29N3O5. The maximum absolute atomic E-state index is 12.8. The maximum Gasteiger partial charge on any atom is 0.254 e. The van der Waals surface area contributed by atoms with Crippen molar-refractivity contribution in [1.82, 2.24) is 15.1 Å². The molecule has 170 valence electrons. The van der Waals surface area contributed by atoms with Crippen LogP contribution in [0.5, 0.6) is 0 Å². The Kier molecular flexibility index (Phi) is 6.60. The molecule has 0 bridgehead atoms. The molecule has 0 radical (unpaired) electrons. The van der Waals surface area contributed by atoms with E-state index in [-0.39, 0.29) is 42.3 Å². The molecule has 3 amide bonds. The smallest absolute Gasteiger partial charge is 0.254 e. The summed E-state index contributed by atoms with van der Waals surface area (Å²) in [4.78, 5) is 41.0. The summed E-state index contributed by atoms with van der Waals surface area (Å²) in [6, 6.07) is 10.9. The number of hydrogen-bond donors (Lipinski definition) is 1. The molecule has 2 fully saturated rings. The van der Waals surface area contributed by atoms with E-state index in [2.05, 4.69) is 5.32 Å². The third kappa shape index (κ3) is 5.19. The number of carbonyl (C=O) groups is 3. The molecule has 2 aromatic rings. The molecule has 2 aliphatic heterocycles. The standard InChI is InChI=1S/C24H29N3O5/c1-16-12-27(13-17(2)32-16)24(30)19-7-5-18(6-8-19)11-25-23(29)20-10-22(28)26(14-20)15-21-4-3-9-31-21/h3-9,16-17,20H,10-15H2,1-2H3,(H,25,29). The quantitative estimate of drug-likeness (QED) is 0.745. The van der Waals surface area contributed by atoms with Gasteiger partial charge in [-0.25, -0.2) is 0 Å². The highest BCUT2D eigenvalue weighted by atomic mass is 16.5. The van der Waals surface area contributed by atoms with Crippen LogP contribution in [0.3, 0.4) is 0 Å². The van der Waals surface area contributed by atoms with Crippen molar-refractivity contribution >= 4 is 17.7 Å². The van der Waals surface area contributed by atoms with Crippen molar-refractivity contribution in [3.63, 3.8) is 0 Å². The molecule has 8 heteroatoms. The van der Waals surface area contributed by atoms with Crippen molar-refractivity contribution in [1.29, 1.82) is 0 Å². The van der Waals surface area contributed by atoms with Crippen molar-refractivity contribution in [3.8, 4) is 0 Å². The first-order chi connectivity index (χ1) is 15.4. The van der Waals surface area contributed by atoms with Crippen LogP contribution >= 0.6 is 0 Å². The molecule has 32 heavy (non-hydrogen) atoms. The molecule has 0 aliphatic carbocycles. The molecule has 0 saturated carbocycles. The summed E-state index contributed by atoms with van der Waals surface area (Å²) in [7, 11) is 0. The first-order valence-corrected chi connectivity index (χ1v) is 11.0.